The van der Waals surface area contributed by atoms with Gasteiger partial charge in [0.15, 0.2) is 5.65 Å². The minimum absolute atomic E-state index is 0.127. The Labute approximate surface area is 342 Å². The van der Waals surface area contributed by atoms with Gasteiger partial charge in [0, 0.05) is 101 Å². The van der Waals surface area contributed by atoms with Gasteiger partial charge in [-0.3, -0.25) is 29.5 Å². The van der Waals surface area contributed by atoms with Gasteiger partial charge in [-0.1, -0.05) is 18.2 Å². The zero-order valence-electron chi connectivity index (χ0n) is 33.1. The molecule has 10 rings (SSSR count). The number of anilines is 2. The van der Waals surface area contributed by atoms with Crippen LogP contribution in [0.1, 0.15) is 47.6 Å². The number of amides is 3. The van der Waals surface area contributed by atoms with Gasteiger partial charge in [-0.05, 0) is 79.4 Å². The normalized spacial score (nSPS) is 21.2. The highest BCUT2D eigenvalue weighted by Crippen LogP contribution is 2.36. The smallest absolute Gasteiger partial charge is 0.255 e. The lowest BCUT2D eigenvalue weighted by atomic mass is 10.0. The van der Waals surface area contributed by atoms with Crippen LogP contribution in [0.5, 0.6) is 11.5 Å². The number of piperazine rings is 1. The quantitative estimate of drug-likeness (QED) is 0.198. The number of nitrogens with one attached hydrogen (secondary N) is 1. The van der Waals surface area contributed by atoms with Crippen LogP contribution in [-0.4, -0.2) is 135 Å². The molecule has 7 heterocycles. The van der Waals surface area contributed by atoms with Crippen LogP contribution in [0.2, 0.25) is 0 Å². The lowest BCUT2D eigenvalue weighted by Crippen LogP contribution is -2.63. The molecular weight excluding hydrogens is 747 g/mol. The van der Waals surface area contributed by atoms with Crippen molar-refractivity contribution in [3.8, 4) is 22.8 Å². The highest BCUT2D eigenvalue weighted by atomic mass is 16.5. The summed E-state index contributed by atoms with van der Waals surface area (Å²) in [6, 6.07) is 24.0. The lowest BCUT2D eigenvalue weighted by molar-refractivity contribution is -0.136. The molecule has 59 heavy (non-hydrogen) atoms. The second-order valence-corrected chi connectivity index (χ2v) is 16.4. The fraction of sp³-hybridized carbons (Fsp3) is 0.409. The number of likely N-dealkylation sites (tertiary alicyclic amines) is 2. The third kappa shape index (κ3) is 7.38. The molecule has 0 radical (unpaired) electrons. The van der Waals surface area contributed by atoms with Crippen molar-refractivity contribution in [2.24, 2.45) is 0 Å². The number of fused-ring (bicyclic) bond motifs is 2. The van der Waals surface area contributed by atoms with E-state index < -0.39 is 6.04 Å². The monoisotopic (exact) mass is 795 g/mol. The van der Waals surface area contributed by atoms with Crippen LogP contribution < -0.4 is 20.7 Å². The fourth-order valence-electron chi connectivity index (χ4n) is 9.49. The second kappa shape index (κ2) is 15.7. The molecule has 5 aromatic rings. The van der Waals surface area contributed by atoms with Crippen molar-refractivity contribution in [2.45, 2.75) is 50.4 Å². The zero-order valence-corrected chi connectivity index (χ0v) is 33.1. The summed E-state index contributed by atoms with van der Waals surface area (Å²) in [4.78, 5) is 58.0. The van der Waals surface area contributed by atoms with Crippen LogP contribution in [-0.2, 0) is 16.1 Å². The highest BCUT2D eigenvalue weighted by molar-refractivity contribution is 6.05. The van der Waals surface area contributed by atoms with Gasteiger partial charge in [-0.2, -0.15) is 5.10 Å². The van der Waals surface area contributed by atoms with Crippen molar-refractivity contribution in [1.82, 2.24) is 44.7 Å². The average molecular weight is 796 g/mol. The molecule has 0 saturated carbocycles. The number of nitrogens with zero attached hydrogens (tertiary/aromatic N) is 9. The molecule has 15 nitrogen and oxygen atoms in total. The Morgan fingerprint density at radius 2 is 1.53 bits per heavy atom. The fourth-order valence-corrected chi connectivity index (χ4v) is 9.49. The number of hydrogen-bond donors (Lipinski definition) is 2. The van der Waals surface area contributed by atoms with Crippen molar-refractivity contribution >= 4 is 40.3 Å². The number of para-hydroxylation sites is 1. The summed E-state index contributed by atoms with van der Waals surface area (Å²) in [6.07, 6.45) is 4.16. The van der Waals surface area contributed by atoms with E-state index >= 15 is 0 Å². The van der Waals surface area contributed by atoms with E-state index in [4.69, 9.17) is 15.6 Å². The van der Waals surface area contributed by atoms with Crippen LogP contribution in [0.25, 0.3) is 22.3 Å². The number of piperidine rings is 2. The molecule has 0 aliphatic carbocycles. The number of carbonyl (C=O) groups excluding carboxylic acids is 3. The van der Waals surface area contributed by atoms with Gasteiger partial charge in [0.05, 0.1) is 11.4 Å². The Bertz CT molecular complexity index is 2370. The van der Waals surface area contributed by atoms with Crippen LogP contribution in [0.4, 0.5) is 11.5 Å². The molecule has 1 atom stereocenters. The van der Waals surface area contributed by atoms with E-state index in [-0.39, 0.29) is 30.2 Å². The molecule has 3 N–H and O–H groups in total. The lowest BCUT2D eigenvalue weighted by Gasteiger charge is -2.49. The van der Waals surface area contributed by atoms with Crippen molar-refractivity contribution in [1.29, 1.82) is 0 Å². The summed E-state index contributed by atoms with van der Waals surface area (Å²) in [6.45, 7) is 10.7. The summed E-state index contributed by atoms with van der Waals surface area (Å²) in [7, 11) is 0. The number of aromatic nitrogens is 4. The minimum Gasteiger partial charge on any atom is -0.457 e. The van der Waals surface area contributed by atoms with E-state index in [1.807, 2.05) is 66.7 Å². The molecule has 3 amide bonds. The van der Waals surface area contributed by atoms with Crippen LogP contribution in [0.3, 0.4) is 0 Å². The van der Waals surface area contributed by atoms with E-state index in [1.54, 1.807) is 4.90 Å². The molecule has 304 valence electrons. The highest BCUT2D eigenvalue weighted by Gasteiger charge is 2.40. The third-order valence-corrected chi connectivity index (χ3v) is 12.9. The van der Waals surface area contributed by atoms with Gasteiger partial charge in [0.1, 0.15) is 35.4 Å². The number of nitrogen functional groups attached to an aromatic ring is 1. The standard InChI is InChI=1S/C44H49N11O4/c45-41-39-40(29-6-9-35(10-7-29)59-34-4-2-1-3-5-34)49-55(42(39)47-28-46-41)31-14-16-50(17-15-31)18-19-51-26-33(27-51)53-22-20-52(21-23-53)32-8-11-36-30(24-32)25-54(44(36)58)37-12-13-38(56)48-43(37)57/h1-11,24,28,31,33,37H,12-23,25-27H2,(H2,45,46,47)(H,48,56,57). The maximum absolute atomic E-state index is 13.2. The van der Waals surface area contributed by atoms with Crippen LogP contribution >= 0.6 is 0 Å². The first kappa shape index (κ1) is 37.4. The SMILES string of the molecule is Nc1ncnc2c1c(-c1ccc(Oc3ccccc3)cc1)nn2C1CCN(CCN2CC(N3CCN(c4ccc5c(c4)CN(C4CCC(=O)NC4=O)C5=O)CC3)C2)CC1. The first-order valence-electron chi connectivity index (χ1n) is 20.9. The molecule has 15 heteroatoms. The van der Waals surface area contributed by atoms with E-state index in [2.05, 4.69) is 45.6 Å². The first-order chi connectivity index (χ1) is 28.8. The number of ether oxygens (including phenoxy) is 1. The number of nitrogens with two attached hydrogens (primary N) is 1. The van der Waals surface area contributed by atoms with E-state index in [9.17, 15) is 14.4 Å². The number of benzene rings is 3. The van der Waals surface area contributed by atoms with Crippen molar-refractivity contribution in [3.63, 3.8) is 0 Å². The minimum atomic E-state index is -0.592. The van der Waals surface area contributed by atoms with E-state index in [0.717, 1.165) is 123 Å². The van der Waals surface area contributed by atoms with Gasteiger partial charge in [-0.15, -0.1) is 0 Å². The number of imide groups is 1. The van der Waals surface area contributed by atoms with Crippen molar-refractivity contribution in [3.05, 3.63) is 90.3 Å². The molecular formula is C44H49N11O4. The summed E-state index contributed by atoms with van der Waals surface area (Å²) in [5.41, 5.74) is 11.7. The number of carbonyl (C=O) groups is 3. The Morgan fingerprint density at radius 1 is 0.780 bits per heavy atom. The Morgan fingerprint density at radius 3 is 2.29 bits per heavy atom. The number of rotatable bonds is 10. The Kier molecular flexibility index (Phi) is 9.94. The van der Waals surface area contributed by atoms with Gasteiger partial charge in [0.2, 0.25) is 11.8 Å². The van der Waals surface area contributed by atoms with Gasteiger partial charge in [-0.25, -0.2) is 14.6 Å². The molecule has 0 spiro atoms. The largest absolute Gasteiger partial charge is 0.457 e. The van der Waals surface area contributed by atoms with Crippen molar-refractivity contribution in [2.75, 3.05) is 76.1 Å². The van der Waals surface area contributed by atoms with Crippen LogP contribution in [0, 0.1) is 0 Å². The summed E-state index contributed by atoms with van der Waals surface area (Å²) >= 11 is 0. The van der Waals surface area contributed by atoms with Gasteiger partial charge >= 0.3 is 0 Å². The number of hydrogen-bond acceptors (Lipinski definition) is 12. The average Bonchev–Trinajstić information content (AvgIpc) is 3.80. The molecule has 1 unspecified atom stereocenters. The Balaban J connectivity index is 0.683. The predicted octanol–water partition coefficient (Wildman–Crippen LogP) is 3.77. The second-order valence-electron chi connectivity index (χ2n) is 16.4. The van der Waals surface area contributed by atoms with Crippen molar-refractivity contribution < 1.29 is 19.1 Å². The summed E-state index contributed by atoms with van der Waals surface area (Å²) in [5, 5.41) is 8.30. The predicted molar refractivity (Wildman–Crippen MR) is 223 cm³/mol. The third-order valence-electron chi connectivity index (χ3n) is 12.9. The molecule has 2 aromatic heterocycles. The molecule has 0 bridgehead atoms. The molecule has 5 aliphatic rings. The molecule has 4 saturated heterocycles. The molecule has 5 aliphatic heterocycles. The van der Waals surface area contributed by atoms with E-state index in [1.165, 1.54) is 6.33 Å². The van der Waals surface area contributed by atoms with Gasteiger partial charge in [0.25, 0.3) is 5.91 Å². The van der Waals surface area contributed by atoms with Gasteiger partial charge < -0.3 is 25.2 Å². The first-order valence-corrected chi connectivity index (χ1v) is 20.9. The zero-order chi connectivity index (χ0) is 40.0. The topological polar surface area (TPSA) is 158 Å². The summed E-state index contributed by atoms with van der Waals surface area (Å²) < 4.78 is 8.09. The Hall–Kier alpha value is -5.90. The molecule has 4 fully saturated rings. The summed E-state index contributed by atoms with van der Waals surface area (Å²) in [5.74, 6) is 1.21. The van der Waals surface area contributed by atoms with E-state index in [0.29, 0.717) is 30.4 Å². The maximum Gasteiger partial charge on any atom is 0.255 e. The maximum atomic E-state index is 13.2. The van der Waals surface area contributed by atoms with Crippen LogP contribution in [0.15, 0.2) is 79.1 Å². The molecule has 3 aromatic carbocycles.